The SMILES string of the molecule is CC(C)c1cccc(NC(=O)c2ccc(Br)cc2F)c1. The van der Waals surface area contributed by atoms with Gasteiger partial charge in [-0.2, -0.15) is 0 Å². The standard InChI is InChI=1S/C16H15BrFNO/c1-10(2)11-4-3-5-13(8-11)19-16(20)14-7-6-12(17)9-15(14)18/h3-10H,1-2H3,(H,19,20). The van der Waals surface area contributed by atoms with Gasteiger partial charge in [-0.25, -0.2) is 4.39 Å². The number of nitrogens with one attached hydrogen (secondary N) is 1. The summed E-state index contributed by atoms with van der Waals surface area (Å²) in [5.41, 5.74) is 1.82. The van der Waals surface area contributed by atoms with Crippen molar-refractivity contribution in [1.82, 2.24) is 0 Å². The van der Waals surface area contributed by atoms with Crippen molar-refractivity contribution in [1.29, 1.82) is 0 Å². The Morgan fingerprint density at radius 2 is 1.95 bits per heavy atom. The van der Waals surface area contributed by atoms with Crippen molar-refractivity contribution in [3.63, 3.8) is 0 Å². The second kappa shape index (κ2) is 6.18. The molecule has 2 aromatic carbocycles. The summed E-state index contributed by atoms with van der Waals surface area (Å²) in [6, 6.07) is 12.0. The molecule has 0 spiro atoms. The lowest BCUT2D eigenvalue weighted by atomic mass is 10.0. The third kappa shape index (κ3) is 3.45. The highest BCUT2D eigenvalue weighted by Crippen LogP contribution is 2.20. The molecule has 0 unspecified atom stereocenters. The zero-order valence-electron chi connectivity index (χ0n) is 11.3. The minimum atomic E-state index is -0.545. The summed E-state index contributed by atoms with van der Waals surface area (Å²) >= 11 is 3.17. The lowest BCUT2D eigenvalue weighted by Crippen LogP contribution is -2.13. The van der Waals surface area contributed by atoms with Crippen LogP contribution < -0.4 is 5.32 Å². The molecule has 1 amide bonds. The fourth-order valence-electron chi connectivity index (χ4n) is 1.85. The number of carbonyl (C=O) groups excluding carboxylic acids is 1. The molecule has 104 valence electrons. The maximum atomic E-state index is 13.7. The highest BCUT2D eigenvalue weighted by atomic mass is 79.9. The van der Waals surface area contributed by atoms with Crippen LogP contribution in [0.1, 0.15) is 35.7 Å². The average molecular weight is 336 g/mol. The smallest absolute Gasteiger partial charge is 0.258 e. The van der Waals surface area contributed by atoms with Gasteiger partial charge in [0.05, 0.1) is 5.56 Å². The number of hydrogen-bond donors (Lipinski definition) is 1. The number of amides is 1. The van der Waals surface area contributed by atoms with Crippen LogP contribution in [0, 0.1) is 5.82 Å². The maximum absolute atomic E-state index is 13.7. The number of halogens is 2. The van der Waals surface area contributed by atoms with Gasteiger partial charge in [0.1, 0.15) is 5.82 Å². The van der Waals surface area contributed by atoms with E-state index in [4.69, 9.17) is 0 Å². The lowest BCUT2D eigenvalue weighted by molar-refractivity contribution is 0.102. The van der Waals surface area contributed by atoms with Gasteiger partial charge in [-0.3, -0.25) is 4.79 Å². The second-order valence-corrected chi connectivity index (χ2v) is 5.77. The molecule has 2 rings (SSSR count). The first-order valence-electron chi connectivity index (χ1n) is 6.33. The molecule has 0 bridgehead atoms. The summed E-state index contributed by atoms with van der Waals surface area (Å²) in [5, 5.41) is 2.72. The highest BCUT2D eigenvalue weighted by molar-refractivity contribution is 9.10. The van der Waals surface area contributed by atoms with Gasteiger partial charge in [-0.05, 0) is 41.8 Å². The topological polar surface area (TPSA) is 29.1 Å². The number of carbonyl (C=O) groups is 1. The predicted molar refractivity (Wildman–Crippen MR) is 82.6 cm³/mol. The van der Waals surface area contributed by atoms with Crippen LogP contribution in [-0.4, -0.2) is 5.91 Å². The molecule has 0 atom stereocenters. The number of hydrogen-bond acceptors (Lipinski definition) is 1. The van der Waals surface area contributed by atoms with Gasteiger partial charge in [-0.15, -0.1) is 0 Å². The van der Waals surface area contributed by atoms with Crippen molar-refractivity contribution in [2.45, 2.75) is 19.8 Å². The van der Waals surface area contributed by atoms with Crippen LogP contribution in [-0.2, 0) is 0 Å². The summed E-state index contributed by atoms with van der Waals surface area (Å²) in [7, 11) is 0. The van der Waals surface area contributed by atoms with Crippen LogP contribution in [0.25, 0.3) is 0 Å². The van der Waals surface area contributed by atoms with Crippen LogP contribution in [0.15, 0.2) is 46.9 Å². The lowest BCUT2D eigenvalue weighted by Gasteiger charge is -2.10. The Morgan fingerprint density at radius 3 is 2.60 bits per heavy atom. The van der Waals surface area contributed by atoms with Crippen LogP contribution in [0.3, 0.4) is 0 Å². The number of rotatable bonds is 3. The Kier molecular flexibility index (Phi) is 4.55. The van der Waals surface area contributed by atoms with E-state index >= 15 is 0 Å². The monoisotopic (exact) mass is 335 g/mol. The van der Waals surface area contributed by atoms with Gasteiger partial charge in [0.15, 0.2) is 0 Å². The maximum Gasteiger partial charge on any atom is 0.258 e. The van der Waals surface area contributed by atoms with E-state index in [-0.39, 0.29) is 5.56 Å². The minimum Gasteiger partial charge on any atom is -0.322 e. The van der Waals surface area contributed by atoms with Gasteiger partial charge >= 0.3 is 0 Å². The van der Waals surface area contributed by atoms with Crippen molar-refractivity contribution >= 4 is 27.5 Å². The van der Waals surface area contributed by atoms with E-state index in [2.05, 4.69) is 35.1 Å². The van der Waals surface area contributed by atoms with Crippen LogP contribution >= 0.6 is 15.9 Å². The van der Waals surface area contributed by atoms with Crippen molar-refractivity contribution in [3.05, 3.63) is 63.9 Å². The molecular weight excluding hydrogens is 321 g/mol. The molecule has 0 saturated heterocycles. The van der Waals surface area contributed by atoms with E-state index in [1.54, 1.807) is 12.1 Å². The van der Waals surface area contributed by atoms with Gasteiger partial charge in [0, 0.05) is 10.2 Å². The first kappa shape index (κ1) is 14.7. The zero-order valence-corrected chi connectivity index (χ0v) is 12.9. The van der Waals surface area contributed by atoms with E-state index in [1.807, 2.05) is 18.2 Å². The van der Waals surface area contributed by atoms with Crippen LogP contribution in [0.4, 0.5) is 10.1 Å². The molecule has 1 N–H and O–H groups in total. The largest absolute Gasteiger partial charge is 0.322 e. The van der Waals surface area contributed by atoms with Gasteiger partial charge < -0.3 is 5.32 Å². The molecule has 0 fully saturated rings. The zero-order chi connectivity index (χ0) is 14.7. The van der Waals surface area contributed by atoms with Crippen molar-refractivity contribution in [2.24, 2.45) is 0 Å². The van der Waals surface area contributed by atoms with Crippen LogP contribution in [0.5, 0.6) is 0 Å². The number of anilines is 1. The van der Waals surface area contributed by atoms with Crippen molar-refractivity contribution in [2.75, 3.05) is 5.32 Å². The molecule has 20 heavy (non-hydrogen) atoms. The number of benzene rings is 2. The van der Waals surface area contributed by atoms with Gasteiger partial charge in [-0.1, -0.05) is 41.9 Å². The molecule has 0 aromatic heterocycles. The summed E-state index contributed by atoms with van der Waals surface area (Å²) in [6.07, 6.45) is 0. The summed E-state index contributed by atoms with van der Waals surface area (Å²) in [4.78, 5) is 12.1. The first-order valence-corrected chi connectivity index (χ1v) is 7.13. The van der Waals surface area contributed by atoms with E-state index in [0.717, 1.165) is 5.56 Å². The molecule has 0 saturated carbocycles. The normalized spacial score (nSPS) is 10.7. The van der Waals surface area contributed by atoms with Gasteiger partial charge in [0.2, 0.25) is 0 Å². The van der Waals surface area contributed by atoms with E-state index in [0.29, 0.717) is 16.1 Å². The molecule has 0 aliphatic rings. The molecule has 2 aromatic rings. The highest BCUT2D eigenvalue weighted by Gasteiger charge is 2.12. The van der Waals surface area contributed by atoms with Gasteiger partial charge in [0.25, 0.3) is 5.91 Å². The minimum absolute atomic E-state index is 0.0307. The molecule has 4 heteroatoms. The summed E-state index contributed by atoms with van der Waals surface area (Å²) in [6.45, 7) is 4.16. The van der Waals surface area contributed by atoms with Crippen molar-refractivity contribution < 1.29 is 9.18 Å². The van der Waals surface area contributed by atoms with E-state index < -0.39 is 11.7 Å². The molecule has 2 nitrogen and oxygen atoms in total. The third-order valence-electron chi connectivity index (χ3n) is 2.99. The van der Waals surface area contributed by atoms with E-state index in [9.17, 15) is 9.18 Å². The molecule has 0 aliphatic carbocycles. The molecule has 0 radical (unpaired) electrons. The fourth-order valence-corrected chi connectivity index (χ4v) is 2.18. The molecule has 0 aliphatic heterocycles. The summed E-state index contributed by atoms with van der Waals surface area (Å²) < 4.78 is 14.3. The predicted octanol–water partition coefficient (Wildman–Crippen LogP) is 4.96. The van der Waals surface area contributed by atoms with Crippen LogP contribution in [0.2, 0.25) is 0 Å². The molecule has 0 heterocycles. The Labute approximate surface area is 126 Å². The average Bonchev–Trinajstić information content (AvgIpc) is 2.38. The van der Waals surface area contributed by atoms with Crippen molar-refractivity contribution in [3.8, 4) is 0 Å². The summed E-state index contributed by atoms with van der Waals surface area (Å²) in [5.74, 6) is -0.621. The third-order valence-corrected chi connectivity index (χ3v) is 3.48. The first-order chi connectivity index (χ1) is 9.47. The quantitative estimate of drug-likeness (QED) is 0.843. The fraction of sp³-hybridized carbons (Fsp3) is 0.188. The Balaban J connectivity index is 2.21. The van der Waals surface area contributed by atoms with E-state index in [1.165, 1.54) is 12.1 Å². The molecular formula is C16H15BrFNO. The Bertz CT molecular complexity index is 640. The Hall–Kier alpha value is -1.68. The Morgan fingerprint density at radius 1 is 1.20 bits per heavy atom. The second-order valence-electron chi connectivity index (χ2n) is 4.86.